The van der Waals surface area contributed by atoms with Crippen LogP contribution < -0.4 is 10.1 Å². The van der Waals surface area contributed by atoms with E-state index < -0.39 is 0 Å². The van der Waals surface area contributed by atoms with Crippen molar-refractivity contribution >= 4 is 23.4 Å². The molecule has 0 aliphatic carbocycles. The van der Waals surface area contributed by atoms with Gasteiger partial charge in [0.2, 0.25) is 5.91 Å². The molecule has 0 radical (unpaired) electrons. The van der Waals surface area contributed by atoms with Crippen molar-refractivity contribution in [2.75, 3.05) is 18.2 Å². The Morgan fingerprint density at radius 2 is 1.90 bits per heavy atom. The van der Waals surface area contributed by atoms with Gasteiger partial charge in [0.05, 0.1) is 25.7 Å². The molecule has 4 aromatic rings. The minimum Gasteiger partial charge on any atom is -0.497 e. The number of thioether (sulfide) groups is 1. The molecular weight excluding hydrogens is 412 g/mol. The summed E-state index contributed by atoms with van der Waals surface area (Å²) in [6, 6.07) is 19.1. The Hall–Kier alpha value is -3.52. The maximum Gasteiger partial charge on any atom is 0.234 e. The van der Waals surface area contributed by atoms with Crippen molar-refractivity contribution in [1.82, 2.24) is 14.8 Å². The highest BCUT2D eigenvalue weighted by molar-refractivity contribution is 7.99. The van der Waals surface area contributed by atoms with Crippen LogP contribution in [0.4, 0.5) is 5.69 Å². The van der Waals surface area contributed by atoms with Crippen LogP contribution in [0.5, 0.6) is 5.75 Å². The molecule has 0 bridgehead atoms. The summed E-state index contributed by atoms with van der Waals surface area (Å²) in [5.41, 5.74) is 2.73. The molecule has 0 atom stereocenters. The lowest BCUT2D eigenvalue weighted by atomic mass is 10.2. The van der Waals surface area contributed by atoms with Crippen LogP contribution >= 0.6 is 11.8 Å². The predicted molar refractivity (Wildman–Crippen MR) is 120 cm³/mol. The number of carbonyl (C=O) groups excluding carboxylic acids is 1. The van der Waals surface area contributed by atoms with Gasteiger partial charge in [-0.3, -0.25) is 9.36 Å². The second kappa shape index (κ2) is 9.53. The largest absolute Gasteiger partial charge is 0.497 e. The molecule has 0 unspecified atom stereocenters. The van der Waals surface area contributed by atoms with E-state index >= 15 is 0 Å². The molecule has 0 saturated carbocycles. The number of hydrogen-bond donors (Lipinski definition) is 1. The van der Waals surface area contributed by atoms with Gasteiger partial charge in [-0.2, -0.15) is 0 Å². The number of nitrogens with zero attached hydrogens (tertiary/aromatic N) is 3. The van der Waals surface area contributed by atoms with Gasteiger partial charge in [0.1, 0.15) is 11.5 Å². The number of anilines is 1. The van der Waals surface area contributed by atoms with Crippen LogP contribution in [0, 0.1) is 6.92 Å². The number of ether oxygens (including phenoxy) is 1. The van der Waals surface area contributed by atoms with Crippen LogP contribution in [-0.4, -0.2) is 33.5 Å². The maximum atomic E-state index is 12.5. The summed E-state index contributed by atoms with van der Waals surface area (Å²) in [6.07, 6.45) is 1.63. The van der Waals surface area contributed by atoms with Gasteiger partial charge in [0.15, 0.2) is 11.0 Å². The molecule has 0 spiro atoms. The molecular formula is C23H22N4O3S. The van der Waals surface area contributed by atoms with Crippen molar-refractivity contribution in [3.8, 4) is 17.1 Å². The number of benzene rings is 2. The molecule has 8 heteroatoms. The lowest BCUT2D eigenvalue weighted by molar-refractivity contribution is -0.113. The number of amides is 1. The molecule has 158 valence electrons. The van der Waals surface area contributed by atoms with Gasteiger partial charge in [-0.1, -0.05) is 30.0 Å². The van der Waals surface area contributed by atoms with Gasteiger partial charge in [0, 0.05) is 11.3 Å². The van der Waals surface area contributed by atoms with E-state index in [1.54, 1.807) is 13.4 Å². The molecule has 0 saturated heterocycles. The lowest BCUT2D eigenvalue weighted by Crippen LogP contribution is -2.15. The van der Waals surface area contributed by atoms with Gasteiger partial charge in [0.25, 0.3) is 0 Å². The van der Waals surface area contributed by atoms with E-state index in [2.05, 4.69) is 15.5 Å². The highest BCUT2D eigenvalue weighted by Crippen LogP contribution is 2.27. The van der Waals surface area contributed by atoms with Crippen LogP contribution in [0.25, 0.3) is 11.4 Å². The Labute approximate surface area is 184 Å². The van der Waals surface area contributed by atoms with E-state index in [4.69, 9.17) is 9.15 Å². The molecule has 1 N–H and O–H groups in total. The predicted octanol–water partition coefficient (Wildman–Crippen LogP) is 4.63. The van der Waals surface area contributed by atoms with Crippen LogP contribution in [0.3, 0.4) is 0 Å². The first-order chi connectivity index (χ1) is 15.1. The quantitative estimate of drug-likeness (QED) is 0.407. The molecule has 0 aliphatic rings. The fourth-order valence-corrected chi connectivity index (χ4v) is 3.82. The number of methoxy groups -OCH3 is 1. The summed E-state index contributed by atoms with van der Waals surface area (Å²) in [5, 5.41) is 12.3. The molecule has 1 amide bonds. The van der Waals surface area contributed by atoms with E-state index in [0.29, 0.717) is 17.5 Å². The molecule has 2 aromatic heterocycles. The minimum absolute atomic E-state index is 0.0992. The highest BCUT2D eigenvalue weighted by atomic mass is 32.2. The van der Waals surface area contributed by atoms with Crippen molar-refractivity contribution in [2.24, 2.45) is 0 Å². The van der Waals surface area contributed by atoms with E-state index in [9.17, 15) is 4.79 Å². The fraction of sp³-hybridized carbons (Fsp3) is 0.174. The summed E-state index contributed by atoms with van der Waals surface area (Å²) in [4.78, 5) is 12.5. The van der Waals surface area contributed by atoms with E-state index in [1.807, 2.05) is 72.2 Å². The van der Waals surface area contributed by atoms with Crippen molar-refractivity contribution in [1.29, 1.82) is 0 Å². The van der Waals surface area contributed by atoms with Crippen molar-refractivity contribution in [2.45, 2.75) is 18.6 Å². The van der Waals surface area contributed by atoms with Gasteiger partial charge >= 0.3 is 0 Å². The third-order valence-corrected chi connectivity index (χ3v) is 5.68. The van der Waals surface area contributed by atoms with Crippen LogP contribution in [0.2, 0.25) is 0 Å². The summed E-state index contributed by atoms with van der Waals surface area (Å²) in [7, 11) is 1.63. The van der Waals surface area contributed by atoms with Gasteiger partial charge in [-0.15, -0.1) is 10.2 Å². The summed E-state index contributed by atoms with van der Waals surface area (Å²) in [6.45, 7) is 2.42. The number of aryl methyl sites for hydroxylation is 1. The zero-order valence-corrected chi connectivity index (χ0v) is 18.1. The molecule has 2 aromatic carbocycles. The number of rotatable bonds is 8. The van der Waals surface area contributed by atoms with E-state index in [1.165, 1.54) is 11.8 Å². The Balaban J connectivity index is 1.54. The third-order valence-electron chi connectivity index (χ3n) is 4.71. The molecule has 0 fully saturated rings. The Bertz CT molecular complexity index is 1150. The smallest absolute Gasteiger partial charge is 0.234 e. The highest BCUT2D eigenvalue weighted by Gasteiger charge is 2.17. The normalized spacial score (nSPS) is 10.8. The van der Waals surface area contributed by atoms with Crippen molar-refractivity contribution < 1.29 is 13.9 Å². The number of furan rings is 1. The molecule has 2 heterocycles. The number of carbonyl (C=O) groups is 1. The first kappa shape index (κ1) is 20.7. The molecule has 4 rings (SSSR count). The van der Waals surface area contributed by atoms with Crippen LogP contribution in [0.15, 0.2) is 76.5 Å². The third kappa shape index (κ3) is 4.97. The fourth-order valence-electron chi connectivity index (χ4n) is 3.08. The van der Waals surface area contributed by atoms with Crippen LogP contribution in [0.1, 0.15) is 11.3 Å². The SMILES string of the molecule is COc1ccc(-c2nnc(SCC(=O)Nc3ccccc3C)n2Cc2ccco2)cc1. The molecule has 0 aliphatic heterocycles. The van der Waals surface area contributed by atoms with Gasteiger partial charge < -0.3 is 14.5 Å². The van der Waals surface area contributed by atoms with E-state index in [0.717, 1.165) is 28.3 Å². The first-order valence-electron chi connectivity index (χ1n) is 9.72. The zero-order valence-electron chi connectivity index (χ0n) is 17.2. The lowest BCUT2D eigenvalue weighted by Gasteiger charge is -2.10. The first-order valence-corrected chi connectivity index (χ1v) is 10.7. The minimum atomic E-state index is -0.0992. The topological polar surface area (TPSA) is 82.2 Å². The van der Waals surface area contributed by atoms with Crippen LogP contribution in [-0.2, 0) is 11.3 Å². The Morgan fingerprint density at radius 1 is 1.10 bits per heavy atom. The molecule has 7 nitrogen and oxygen atoms in total. The number of hydrogen-bond acceptors (Lipinski definition) is 6. The van der Waals surface area contributed by atoms with Crippen molar-refractivity contribution in [3.05, 3.63) is 78.3 Å². The Morgan fingerprint density at radius 3 is 2.61 bits per heavy atom. The zero-order chi connectivity index (χ0) is 21.6. The second-order valence-electron chi connectivity index (χ2n) is 6.85. The average molecular weight is 435 g/mol. The van der Waals surface area contributed by atoms with Gasteiger partial charge in [-0.25, -0.2) is 0 Å². The van der Waals surface area contributed by atoms with E-state index in [-0.39, 0.29) is 11.7 Å². The van der Waals surface area contributed by atoms with Crippen molar-refractivity contribution in [3.63, 3.8) is 0 Å². The summed E-state index contributed by atoms with van der Waals surface area (Å²) >= 11 is 1.34. The standard InChI is InChI=1S/C23H22N4O3S/c1-16-6-3-4-8-20(16)24-21(28)15-31-23-26-25-22(17-9-11-18(29-2)12-10-17)27(23)14-19-7-5-13-30-19/h3-13H,14-15H2,1-2H3,(H,24,28). The number of para-hydroxylation sites is 1. The Kier molecular flexibility index (Phi) is 6.37. The maximum absolute atomic E-state index is 12.5. The van der Waals surface area contributed by atoms with Gasteiger partial charge in [-0.05, 0) is 55.0 Å². The summed E-state index contributed by atoms with van der Waals surface area (Å²) < 4.78 is 12.7. The monoisotopic (exact) mass is 434 g/mol. The average Bonchev–Trinajstić information content (AvgIpc) is 3.44. The molecule has 31 heavy (non-hydrogen) atoms. The number of nitrogens with one attached hydrogen (secondary N) is 1. The summed E-state index contributed by atoms with van der Waals surface area (Å²) in [5.74, 6) is 2.36. The second-order valence-corrected chi connectivity index (χ2v) is 7.79. The number of aromatic nitrogens is 3.